The molecule has 6 rings (SSSR count). The number of unbranched alkanes of at least 4 members (excludes halogenated alkanes) is 4. The van der Waals surface area contributed by atoms with Gasteiger partial charge in [-0.2, -0.15) is 0 Å². The number of pyridine rings is 2. The number of phenols is 2. The van der Waals surface area contributed by atoms with Crippen LogP contribution in [0.3, 0.4) is 0 Å². The Balaban J connectivity index is 0.000000251. The molecule has 18 nitrogen and oxygen atoms in total. The van der Waals surface area contributed by atoms with E-state index in [0.717, 1.165) is 38.5 Å². The molecule has 0 unspecified atom stereocenters. The zero-order valence-corrected chi connectivity index (χ0v) is 37.8. The molecule has 2 amide bonds. The van der Waals surface area contributed by atoms with Crippen molar-refractivity contribution in [2.75, 3.05) is 34.5 Å². The van der Waals surface area contributed by atoms with E-state index in [9.17, 15) is 39.0 Å². The van der Waals surface area contributed by atoms with Crippen LogP contribution in [0.4, 0.5) is 0 Å². The summed E-state index contributed by atoms with van der Waals surface area (Å²) in [4.78, 5) is 79.2. The lowest BCUT2D eigenvalue weighted by atomic mass is 10.1. The lowest BCUT2D eigenvalue weighted by Gasteiger charge is -2.14. The second-order valence-electron chi connectivity index (χ2n) is 15.1. The van der Waals surface area contributed by atoms with Crippen molar-refractivity contribution in [1.29, 1.82) is 0 Å². The van der Waals surface area contributed by atoms with Gasteiger partial charge in [0, 0.05) is 23.9 Å². The second-order valence-corrected chi connectivity index (χ2v) is 15.1. The highest BCUT2D eigenvalue weighted by Crippen LogP contribution is 2.35. The summed E-state index contributed by atoms with van der Waals surface area (Å²) in [5.41, 5.74) is 0.295. The number of nitrogens with one attached hydrogen (secondary N) is 4. The molecule has 0 saturated carbocycles. The van der Waals surface area contributed by atoms with Gasteiger partial charge in [-0.1, -0.05) is 51.7 Å². The number of amides is 2. The number of methoxy groups -OCH3 is 3. The van der Waals surface area contributed by atoms with Crippen molar-refractivity contribution >= 4 is 45.6 Å². The summed E-state index contributed by atoms with van der Waals surface area (Å²) < 4.78 is 27.2. The van der Waals surface area contributed by atoms with Crippen molar-refractivity contribution in [3.8, 4) is 34.5 Å². The Labute approximate surface area is 384 Å². The van der Waals surface area contributed by atoms with Crippen LogP contribution in [0.1, 0.15) is 105 Å². The number of carboxylic acid groups (broad SMARTS) is 1. The molecular formula is C49H54N4O14. The lowest BCUT2D eigenvalue weighted by molar-refractivity contribution is 0.0596. The minimum absolute atomic E-state index is 0.0155. The summed E-state index contributed by atoms with van der Waals surface area (Å²) in [5.74, 6) is -1.96. The number of carboxylic acids is 1. The third-order valence-electron chi connectivity index (χ3n) is 10.5. The molecule has 354 valence electrons. The number of hydrogen-bond donors (Lipinski definition) is 7. The van der Waals surface area contributed by atoms with Gasteiger partial charge in [-0.25, -0.2) is 9.59 Å². The van der Waals surface area contributed by atoms with Gasteiger partial charge in [-0.05, 0) is 84.6 Å². The van der Waals surface area contributed by atoms with Gasteiger partial charge in [0.1, 0.15) is 33.8 Å². The fourth-order valence-corrected chi connectivity index (χ4v) is 6.84. The van der Waals surface area contributed by atoms with E-state index in [0.29, 0.717) is 69.1 Å². The summed E-state index contributed by atoms with van der Waals surface area (Å²) in [6, 6.07) is 18.2. The summed E-state index contributed by atoms with van der Waals surface area (Å²) in [6.45, 7) is 5.16. The first kappa shape index (κ1) is 50.0. The van der Waals surface area contributed by atoms with Crippen LogP contribution >= 0.6 is 0 Å². The fourth-order valence-electron chi connectivity index (χ4n) is 6.84. The van der Waals surface area contributed by atoms with E-state index < -0.39 is 34.9 Å². The number of rotatable bonds is 20. The highest BCUT2D eigenvalue weighted by molar-refractivity contribution is 6.00. The van der Waals surface area contributed by atoms with Crippen LogP contribution in [0.25, 0.3) is 21.8 Å². The van der Waals surface area contributed by atoms with Crippen LogP contribution in [0, 0.1) is 0 Å². The molecule has 0 atom stereocenters. The zero-order valence-electron chi connectivity index (χ0n) is 37.8. The van der Waals surface area contributed by atoms with E-state index >= 15 is 0 Å². The minimum Gasteiger partial charge on any atom is -0.507 e. The van der Waals surface area contributed by atoms with Gasteiger partial charge in [0.25, 0.3) is 22.9 Å². The Bertz CT molecular complexity index is 2870. The number of carbonyl (C=O) groups excluding carboxylic acids is 3. The smallest absolute Gasteiger partial charge is 0.341 e. The number of phenolic OH excluding ortho intramolecular Hbond substituents is 1. The van der Waals surface area contributed by atoms with Gasteiger partial charge in [0.05, 0.1) is 45.6 Å². The second kappa shape index (κ2) is 23.8. The van der Waals surface area contributed by atoms with E-state index in [1.807, 2.05) is 0 Å². The van der Waals surface area contributed by atoms with Gasteiger partial charge in [-0.3, -0.25) is 19.2 Å². The summed E-state index contributed by atoms with van der Waals surface area (Å²) >= 11 is 0. The van der Waals surface area contributed by atoms with Gasteiger partial charge in [0.15, 0.2) is 23.0 Å². The minimum atomic E-state index is -1.28. The van der Waals surface area contributed by atoms with E-state index in [1.165, 1.54) is 63.8 Å². The number of aromatic nitrogens is 2. The van der Waals surface area contributed by atoms with Crippen molar-refractivity contribution in [3.05, 3.63) is 127 Å². The molecule has 4 aromatic carbocycles. The van der Waals surface area contributed by atoms with E-state index in [1.54, 1.807) is 30.3 Å². The normalized spacial score (nSPS) is 10.7. The van der Waals surface area contributed by atoms with E-state index in [4.69, 9.17) is 24.1 Å². The maximum atomic E-state index is 12.7. The summed E-state index contributed by atoms with van der Waals surface area (Å²) in [7, 11) is 4.24. The number of carbonyl (C=O) groups is 4. The summed E-state index contributed by atoms with van der Waals surface area (Å²) in [6.07, 6.45) is 5.88. The van der Waals surface area contributed by atoms with Gasteiger partial charge >= 0.3 is 11.9 Å². The number of esters is 1. The predicted octanol–water partition coefficient (Wildman–Crippen LogP) is 6.97. The largest absolute Gasteiger partial charge is 0.507 e. The van der Waals surface area contributed by atoms with Crippen molar-refractivity contribution < 1.29 is 58.2 Å². The van der Waals surface area contributed by atoms with Crippen molar-refractivity contribution in [2.24, 2.45) is 0 Å². The molecule has 18 heteroatoms. The molecule has 0 radical (unpaired) electrons. The first-order valence-corrected chi connectivity index (χ1v) is 21.5. The standard InChI is InChI=1S/C25H28N2O7.C24H26N2O7/c1-4-5-6-11-34-22-20(32-2)10-8-16-13-18(24(30)27-21(16)22)23(29)26-14-15-7-9-19(28)17(12-15)25(31)33-3;1-3-4-5-10-33-21-19(32-2)9-7-15-12-17(23(29)26-20(15)21)22(28)25-13-14-6-8-18(27)16(11-14)24(30)31/h7-10,12-13,28H,4-6,11,14H2,1-3H3,(H,26,29)(H,27,30);6-9,11-12,27H,3-5,10,13H2,1-2H3,(H,25,28)(H,26,29)(H,30,31). The number of hydrogen-bond acceptors (Lipinski definition) is 13. The molecule has 0 spiro atoms. The monoisotopic (exact) mass is 922 g/mol. The molecule has 0 aliphatic rings. The molecule has 7 N–H and O–H groups in total. The number of ether oxygens (including phenoxy) is 5. The number of H-pyrrole nitrogens is 2. The molecule has 0 aliphatic carbocycles. The third-order valence-corrected chi connectivity index (χ3v) is 10.5. The van der Waals surface area contributed by atoms with Crippen LogP contribution in [-0.4, -0.2) is 83.6 Å². The van der Waals surface area contributed by atoms with E-state index in [-0.39, 0.29) is 46.8 Å². The van der Waals surface area contributed by atoms with Crippen molar-refractivity contribution in [3.63, 3.8) is 0 Å². The molecule has 0 saturated heterocycles. The average Bonchev–Trinajstić information content (AvgIpc) is 3.32. The highest BCUT2D eigenvalue weighted by Gasteiger charge is 2.20. The number of benzene rings is 4. The van der Waals surface area contributed by atoms with Crippen LogP contribution < -0.4 is 40.7 Å². The van der Waals surface area contributed by atoms with Gasteiger partial charge in [0.2, 0.25) is 0 Å². The van der Waals surface area contributed by atoms with Crippen LogP contribution in [0.15, 0.2) is 82.4 Å². The highest BCUT2D eigenvalue weighted by atomic mass is 16.5. The Hall–Kier alpha value is -8.02. The Kier molecular flexibility index (Phi) is 17.7. The number of aromatic amines is 2. The Morgan fingerprint density at radius 3 is 1.40 bits per heavy atom. The summed E-state index contributed by atoms with van der Waals surface area (Å²) in [5, 5.41) is 35.0. The maximum Gasteiger partial charge on any atom is 0.341 e. The first-order chi connectivity index (χ1) is 32.2. The van der Waals surface area contributed by atoms with Gasteiger partial charge in [-0.15, -0.1) is 0 Å². The first-order valence-electron chi connectivity index (χ1n) is 21.5. The fraction of sp³-hybridized carbons (Fsp3) is 0.306. The Morgan fingerprint density at radius 2 is 1.00 bits per heavy atom. The molecule has 67 heavy (non-hydrogen) atoms. The van der Waals surface area contributed by atoms with Crippen LogP contribution in [0.5, 0.6) is 34.5 Å². The van der Waals surface area contributed by atoms with E-state index in [2.05, 4.69) is 39.2 Å². The van der Waals surface area contributed by atoms with Gasteiger partial charge < -0.3 is 59.6 Å². The number of fused-ring (bicyclic) bond motifs is 2. The number of aromatic carboxylic acids is 1. The molecule has 2 heterocycles. The lowest BCUT2D eigenvalue weighted by Crippen LogP contribution is -2.29. The zero-order chi connectivity index (χ0) is 48.6. The molecule has 6 aromatic rings. The van der Waals surface area contributed by atoms with Crippen molar-refractivity contribution in [2.45, 2.75) is 65.5 Å². The molecule has 2 aromatic heterocycles. The maximum absolute atomic E-state index is 12.7. The predicted molar refractivity (Wildman–Crippen MR) is 249 cm³/mol. The molecule has 0 aliphatic heterocycles. The quantitative estimate of drug-likeness (QED) is 0.0301. The molecule has 0 fully saturated rings. The van der Waals surface area contributed by atoms with Crippen molar-refractivity contribution in [1.82, 2.24) is 20.6 Å². The molecular weight excluding hydrogens is 869 g/mol. The third kappa shape index (κ3) is 12.6. The molecule has 0 bridgehead atoms. The topological polar surface area (TPSA) is 265 Å². The van der Waals surface area contributed by atoms with Crippen LogP contribution in [-0.2, 0) is 17.8 Å². The average molecular weight is 923 g/mol. The van der Waals surface area contributed by atoms with Crippen LogP contribution in [0.2, 0.25) is 0 Å². The SMILES string of the molecule is CCCCCOc1c(OC)ccc2cc(C(=O)NCc3ccc(O)c(C(=O)O)c3)c(=O)[nH]c12.CCCCCOc1c(OC)ccc2cc(C(=O)NCc3ccc(O)c(C(=O)OC)c3)c(=O)[nH]c12. The Morgan fingerprint density at radius 1 is 0.567 bits per heavy atom. The number of aromatic hydroxyl groups is 2.